The normalized spacial score (nSPS) is 14.6. The van der Waals surface area contributed by atoms with Gasteiger partial charge >= 0.3 is 0 Å². The van der Waals surface area contributed by atoms with Gasteiger partial charge in [-0.1, -0.05) is 41.4 Å². The van der Waals surface area contributed by atoms with Gasteiger partial charge < -0.3 is 10.1 Å². The van der Waals surface area contributed by atoms with Crippen molar-refractivity contribution in [3.8, 4) is 5.75 Å². The van der Waals surface area contributed by atoms with Crippen LogP contribution >= 0.6 is 23.2 Å². The minimum absolute atomic E-state index is 0.257. The maximum absolute atomic E-state index is 12.4. The Kier molecular flexibility index (Phi) is 5.32. The van der Waals surface area contributed by atoms with E-state index in [0.717, 1.165) is 25.0 Å². The van der Waals surface area contributed by atoms with Crippen LogP contribution in [0.15, 0.2) is 36.4 Å². The summed E-state index contributed by atoms with van der Waals surface area (Å²) in [6, 6.07) is 11.2. The lowest BCUT2D eigenvalue weighted by molar-refractivity contribution is -0.122. The summed E-state index contributed by atoms with van der Waals surface area (Å²) in [7, 11) is 0. The van der Waals surface area contributed by atoms with Crippen LogP contribution in [-0.2, 0) is 17.6 Å². The van der Waals surface area contributed by atoms with E-state index in [1.165, 1.54) is 17.5 Å². The zero-order valence-corrected chi connectivity index (χ0v) is 15.0. The number of hydrogen-bond acceptors (Lipinski definition) is 2. The molecule has 0 unspecified atom stereocenters. The van der Waals surface area contributed by atoms with Gasteiger partial charge in [-0.05, 0) is 61.9 Å². The van der Waals surface area contributed by atoms with Crippen LogP contribution in [0.25, 0.3) is 0 Å². The lowest BCUT2D eigenvalue weighted by atomic mass is 9.91. The van der Waals surface area contributed by atoms with Gasteiger partial charge in [0.2, 0.25) is 0 Å². The molecule has 1 amide bonds. The first-order valence-corrected chi connectivity index (χ1v) is 8.84. The standard InChI is InChI=1S/C19H19Cl2NO2/c1-12(19(23)22-16-10-5-9-15(20)18(16)21)24-17-11-4-7-13-6-2-3-8-14(13)17/h4-5,7,9-12H,2-3,6,8H2,1H3,(H,22,23)/t12-/m1/s1. The topological polar surface area (TPSA) is 38.3 Å². The molecule has 0 fully saturated rings. The summed E-state index contributed by atoms with van der Waals surface area (Å²) in [4.78, 5) is 12.4. The molecular formula is C19H19Cl2NO2. The SMILES string of the molecule is C[C@@H](Oc1cccc2c1CCCC2)C(=O)Nc1cccc(Cl)c1Cl. The number of carbonyl (C=O) groups excluding carboxylic acids is 1. The zero-order valence-electron chi connectivity index (χ0n) is 13.4. The number of nitrogens with one attached hydrogen (secondary N) is 1. The molecule has 3 rings (SSSR count). The number of hydrogen-bond donors (Lipinski definition) is 1. The van der Waals surface area contributed by atoms with Crippen LogP contribution in [-0.4, -0.2) is 12.0 Å². The lowest BCUT2D eigenvalue weighted by Crippen LogP contribution is -2.30. The van der Waals surface area contributed by atoms with E-state index in [1.54, 1.807) is 25.1 Å². The van der Waals surface area contributed by atoms with E-state index in [-0.39, 0.29) is 5.91 Å². The number of carbonyl (C=O) groups is 1. The maximum Gasteiger partial charge on any atom is 0.265 e. The number of benzene rings is 2. The Morgan fingerprint density at radius 2 is 1.88 bits per heavy atom. The first-order chi connectivity index (χ1) is 11.6. The molecule has 0 spiro atoms. The highest BCUT2D eigenvalue weighted by atomic mass is 35.5. The fourth-order valence-electron chi connectivity index (χ4n) is 2.94. The van der Waals surface area contributed by atoms with Gasteiger partial charge in [0.1, 0.15) is 5.75 Å². The van der Waals surface area contributed by atoms with Crippen molar-refractivity contribution in [2.75, 3.05) is 5.32 Å². The van der Waals surface area contributed by atoms with Gasteiger partial charge in [0, 0.05) is 0 Å². The molecule has 0 saturated heterocycles. The molecular weight excluding hydrogens is 345 g/mol. The fourth-order valence-corrected chi connectivity index (χ4v) is 3.28. The number of fused-ring (bicyclic) bond motifs is 1. The molecule has 0 aromatic heterocycles. The molecule has 0 bridgehead atoms. The second-order valence-corrected chi connectivity index (χ2v) is 6.74. The molecule has 24 heavy (non-hydrogen) atoms. The van der Waals surface area contributed by atoms with E-state index in [9.17, 15) is 4.79 Å². The van der Waals surface area contributed by atoms with Crippen molar-refractivity contribution in [3.05, 3.63) is 57.6 Å². The highest BCUT2D eigenvalue weighted by molar-refractivity contribution is 6.44. The predicted octanol–water partition coefficient (Wildman–Crippen LogP) is 5.28. The van der Waals surface area contributed by atoms with Gasteiger partial charge in [0.15, 0.2) is 6.10 Å². The van der Waals surface area contributed by atoms with Crippen molar-refractivity contribution in [2.45, 2.75) is 38.7 Å². The Hall–Kier alpha value is -1.71. The largest absolute Gasteiger partial charge is 0.481 e. The maximum atomic E-state index is 12.4. The van der Waals surface area contributed by atoms with E-state index in [0.29, 0.717) is 15.7 Å². The molecule has 5 heteroatoms. The van der Waals surface area contributed by atoms with E-state index < -0.39 is 6.10 Å². The Bertz CT molecular complexity index is 761. The zero-order chi connectivity index (χ0) is 17.1. The Morgan fingerprint density at radius 1 is 1.12 bits per heavy atom. The van der Waals surface area contributed by atoms with Crippen LogP contribution in [0.4, 0.5) is 5.69 Å². The number of amides is 1. The van der Waals surface area contributed by atoms with Crippen molar-refractivity contribution < 1.29 is 9.53 Å². The summed E-state index contributed by atoms with van der Waals surface area (Å²) < 4.78 is 5.93. The highest BCUT2D eigenvalue weighted by Gasteiger charge is 2.20. The van der Waals surface area contributed by atoms with Crippen LogP contribution in [0.3, 0.4) is 0 Å². The molecule has 126 valence electrons. The van der Waals surface area contributed by atoms with E-state index in [4.69, 9.17) is 27.9 Å². The van der Waals surface area contributed by atoms with E-state index in [1.807, 2.05) is 12.1 Å². The summed E-state index contributed by atoms with van der Waals surface area (Å²) in [5.41, 5.74) is 3.04. The molecule has 1 aliphatic rings. The van der Waals surface area contributed by atoms with Gasteiger partial charge in [-0.15, -0.1) is 0 Å². The minimum Gasteiger partial charge on any atom is -0.481 e. The number of ether oxygens (including phenoxy) is 1. The van der Waals surface area contributed by atoms with Crippen molar-refractivity contribution >= 4 is 34.8 Å². The molecule has 1 atom stereocenters. The molecule has 3 nitrogen and oxygen atoms in total. The smallest absolute Gasteiger partial charge is 0.265 e. The number of anilines is 1. The summed E-state index contributed by atoms with van der Waals surface area (Å²) in [6.45, 7) is 1.73. The van der Waals surface area contributed by atoms with E-state index >= 15 is 0 Å². The molecule has 2 aromatic carbocycles. The van der Waals surface area contributed by atoms with Gasteiger partial charge in [0.25, 0.3) is 5.91 Å². The molecule has 0 radical (unpaired) electrons. The minimum atomic E-state index is -0.631. The van der Waals surface area contributed by atoms with Crippen LogP contribution < -0.4 is 10.1 Å². The number of halogens is 2. The van der Waals surface area contributed by atoms with Crippen molar-refractivity contribution in [3.63, 3.8) is 0 Å². The van der Waals surface area contributed by atoms with Gasteiger partial charge in [-0.2, -0.15) is 0 Å². The molecule has 0 aliphatic heterocycles. The third-order valence-electron chi connectivity index (χ3n) is 4.24. The summed E-state index contributed by atoms with van der Waals surface area (Å²) in [5.74, 6) is 0.541. The van der Waals surface area contributed by atoms with Crippen LogP contribution in [0.2, 0.25) is 10.0 Å². The third kappa shape index (κ3) is 3.68. The molecule has 0 heterocycles. The average molecular weight is 364 g/mol. The fraction of sp³-hybridized carbons (Fsp3) is 0.316. The van der Waals surface area contributed by atoms with Crippen LogP contribution in [0.1, 0.15) is 30.9 Å². The Labute approximate surface area is 151 Å². The second-order valence-electron chi connectivity index (χ2n) is 5.95. The van der Waals surface area contributed by atoms with Crippen LogP contribution in [0, 0.1) is 0 Å². The predicted molar refractivity (Wildman–Crippen MR) is 98.3 cm³/mol. The number of rotatable bonds is 4. The first kappa shape index (κ1) is 17.1. The van der Waals surface area contributed by atoms with Gasteiger partial charge in [0.05, 0.1) is 15.7 Å². The average Bonchev–Trinajstić information content (AvgIpc) is 2.59. The second kappa shape index (κ2) is 7.45. The van der Waals surface area contributed by atoms with Crippen molar-refractivity contribution in [2.24, 2.45) is 0 Å². The molecule has 2 aromatic rings. The van der Waals surface area contributed by atoms with Crippen molar-refractivity contribution in [1.29, 1.82) is 0 Å². The van der Waals surface area contributed by atoms with Gasteiger partial charge in [-0.25, -0.2) is 0 Å². The quantitative estimate of drug-likeness (QED) is 0.802. The monoisotopic (exact) mass is 363 g/mol. The highest BCUT2D eigenvalue weighted by Crippen LogP contribution is 2.31. The van der Waals surface area contributed by atoms with Crippen molar-refractivity contribution in [1.82, 2.24) is 0 Å². The van der Waals surface area contributed by atoms with Crippen LogP contribution in [0.5, 0.6) is 5.75 Å². The third-order valence-corrected chi connectivity index (χ3v) is 5.05. The van der Waals surface area contributed by atoms with Gasteiger partial charge in [-0.3, -0.25) is 4.79 Å². The summed E-state index contributed by atoms with van der Waals surface area (Å²) in [6.07, 6.45) is 3.81. The first-order valence-electron chi connectivity index (χ1n) is 8.08. The molecule has 0 saturated carbocycles. The summed E-state index contributed by atoms with van der Waals surface area (Å²) >= 11 is 12.1. The molecule has 1 N–H and O–H groups in total. The Balaban J connectivity index is 1.72. The Morgan fingerprint density at radius 3 is 2.71 bits per heavy atom. The molecule has 1 aliphatic carbocycles. The lowest BCUT2D eigenvalue weighted by Gasteiger charge is -2.22. The summed E-state index contributed by atoms with van der Waals surface area (Å²) in [5, 5.41) is 3.50. The van der Waals surface area contributed by atoms with E-state index in [2.05, 4.69) is 11.4 Å². The number of aryl methyl sites for hydroxylation is 1.